The Morgan fingerprint density at radius 1 is 1.19 bits per heavy atom. The SMILES string of the molecule is CCCC1(OC)OCC(C)(C)[C@H](C(=O)NCCC(=O)NCCSC(=O)/C=C/C(=O)O)O1. The number of nitrogens with one attached hydrogen (secondary N) is 2. The highest BCUT2D eigenvalue weighted by molar-refractivity contribution is 8.14. The van der Waals surface area contributed by atoms with Gasteiger partial charge in [-0.2, -0.15) is 0 Å². The topological polar surface area (TPSA) is 140 Å². The van der Waals surface area contributed by atoms with Crippen LogP contribution in [0.3, 0.4) is 0 Å². The minimum Gasteiger partial charge on any atom is -0.478 e. The minimum absolute atomic E-state index is 0.0668. The molecule has 0 saturated carbocycles. The maximum absolute atomic E-state index is 12.7. The Morgan fingerprint density at radius 2 is 1.90 bits per heavy atom. The van der Waals surface area contributed by atoms with E-state index in [0.717, 1.165) is 30.3 Å². The van der Waals surface area contributed by atoms with E-state index < -0.39 is 28.6 Å². The molecule has 2 amide bonds. The number of carboxylic acids is 1. The van der Waals surface area contributed by atoms with E-state index in [9.17, 15) is 19.2 Å². The molecule has 1 aliphatic heterocycles. The van der Waals surface area contributed by atoms with Gasteiger partial charge in [-0.3, -0.25) is 14.4 Å². The summed E-state index contributed by atoms with van der Waals surface area (Å²) < 4.78 is 17.0. The van der Waals surface area contributed by atoms with Crippen molar-refractivity contribution < 1.29 is 38.5 Å². The van der Waals surface area contributed by atoms with Gasteiger partial charge < -0.3 is 30.0 Å². The average Bonchev–Trinajstić information content (AvgIpc) is 2.71. The summed E-state index contributed by atoms with van der Waals surface area (Å²) in [5.74, 6) is -2.76. The first-order chi connectivity index (χ1) is 14.5. The second-order valence-electron chi connectivity index (χ2n) is 7.64. The Kier molecular flexibility index (Phi) is 11.2. The van der Waals surface area contributed by atoms with Crippen LogP contribution in [0.15, 0.2) is 12.2 Å². The fraction of sp³-hybridized carbons (Fsp3) is 0.700. The number of carbonyl (C=O) groups excluding carboxylic acids is 3. The molecular formula is C20H32N2O8S. The lowest BCUT2D eigenvalue weighted by atomic mass is 9.85. The summed E-state index contributed by atoms with van der Waals surface area (Å²) in [5.41, 5.74) is -0.568. The van der Waals surface area contributed by atoms with Crippen LogP contribution in [-0.4, -0.2) is 72.6 Å². The Hall–Kier alpha value is -1.95. The van der Waals surface area contributed by atoms with E-state index in [-0.39, 0.29) is 37.9 Å². The number of ether oxygens (including phenoxy) is 3. The maximum atomic E-state index is 12.7. The molecule has 0 bridgehead atoms. The highest BCUT2D eigenvalue weighted by atomic mass is 32.2. The van der Waals surface area contributed by atoms with Gasteiger partial charge in [0.15, 0.2) is 0 Å². The van der Waals surface area contributed by atoms with Crippen LogP contribution in [0.4, 0.5) is 0 Å². The molecule has 1 saturated heterocycles. The van der Waals surface area contributed by atoms with Gasteiger partial charge in [0.2, 0.25) is 16.9 Å². The molecule has 176 valence electrons. The molecule has 1 rings (SSSR count). The first kappa shape index (κ1) is 27.1. The lowest BCUT2D eigenvalue weighted by molar-refractivity contribution is -0.425. The van der Waals surface area contributed by atoms with Crippen molar-refractivity contribution in [1.29, 1.82) is 0 Å². The van der Waals surface area contributed by atoms with E-state index in [2.05, 4.69) is 10.6 Å². The quantitative estimate of drug-likeness (QED) is 0.288. The van der Waals surface area contributed by atoms with E-state index in [0.29, 0.717) is 12.2 Å². The molecule has 1 unspecified atom stereocenters. The molecule has 10 nitrogen and oxygen atoms in total. The van der Waals surface area contributed by atoms with Crippen LogP contribution in [0.25, 0.3) is 0 Å². The van der Waals surface area contributed by atoms with Crippen LogP contribution in [0.1, 0.15) is 40.0 Å². The summed E-state index contributed by atoms with van der Waals surface area (Å²) in [6.45, 7) is 6.34. The number of carbonyl (C=O) groups is 4. The Morgan fingerprint density at radius 3 is 2.52 bits per heavy atom. The van der Waals surface area contributed by atoms with Crippen LogP contribution in [0.2, 0.25) is 0 Å². The van der Waals surface area contributed by atoms with Gasteiger partial charge in [-0.25, -0.2) is 4.79 Å². The number of carboxylic acid groups (broad SMARTS) is 1. The molecule has 11 heteroatoms. The minimum atomic E-state index is -1.25. The molecule has 3 N–H and O–H groups in total. The van der Waals surface area contributed by atoms with E-state index in [4.69, 9.17) is 19.3 Å². The normalized spacial score (nSPS) is 22.8. The molecule has 1 heterocycles. The number of rotatable bonds is 12. The van der Waals surface area contributed by atoms with Crippen LogP contribution in [-0.2, 0) is 33.4 Å². The standard InChI is InChI=1S/C20H32N2O8S/c1-5-9-20(28-4)29-13-19(2,3)17(30-20)18(27)22-10-8-14(23)21-11-12-31-16(26)7-6-15(24)25/h6-7,17H,5,8-13H2,1-4H3,(H,21,23)(H,22,27)(H,24,25)/b7-6+/t17-,20?/m0/s1. The fourth-order valence-corrected chi connectivity index (χ4v) is 3.38. The zero-order chi connectivity index (χ0) is 23.5. The fourth-order valence-electron chi connectivity index (χ4n) is 2.81. The second kappa shape index (κ2) is 12.8. The number of hydrogen-bond donors (Lipinski definition) is 3. The van der Waals surface area contributed by atoms with Gasteiger partial charge in [-0.1, -0.05) is 32.5 Å². The third-order valence-corrected chi connectivity index (χ3v) is 5.29. The van der Waals surface area contributed by atoms with Gasteiger partial charge >= 0.3 is 5.97 Å². The van der Waals surface area contributed by atoms with E-state index in [1.807, 2.05) is 20.8 Å². The van der Waals surface area contributed by atoms with Gasteiger partial charge in [0.05, 0.1) is 6.61 Å². The summed E-state index contributed by atoms with van der Waals surface area (Å²) in [5, 5.41) is 13.4. The van der Waals surface area contributed by atoms with Crippen molar-refractivity contribution in [3.8, 4) is 0 Å². The van der Waals surface area contributed by atoms with Gasteiger partial charge in [0.25, 0.3) is 5.97 Å². The zero-order valence-electron chi connectivity index (χ0n) is 18.4. The number of thioether (sulfide) groups is 1. The van der Waals surface area contributed by atoms with Gasteiger partial charge in [0.1, 0.15) is 6.10 Å². The molecule has 2 atom stereocenters. The second-order valence-corrected chi connectivity index (χ2v) is 8.74. The summed E-state index contributed by atoms with van der Waals surface area (Å²) >= 11 is 0.900. The lowest BCUT2D eigenvalue weighted by Crippen LogP contribution is -2.59. The highest BCUT2D eigenvalue weighted by Crippen LogP contribution is 2.37. The maximum Gasteiger partial charge on any atom is 0.328 e. The lowest BCUT2D eigenvalue weighted by Gasteiger charge is -2.46. The first-order valence-electron chi connectivity index (χ1n) is 10.0. The predicted molar refractivity (Wildman–Crippen MR) is 114 cm³/mol. The molecule has 0 spiro atoms. The zero-order valence-corrected chi connectivity index (χ0v) is 19.2. The summed E-state index contributed by atoms with van der Waals surface area (Å²) in [7, 11) is 1.47. The van der Waals surface area contributed by atoms with Crippen molar-refractivity contribution in [2.45, 2.75) is 52.1 Å². The van der Waals surface area contributed by atoms with Gasteiger partial charge in [-0.15, -0.1) is 0 Å². The first-order valence-corrected chi connectivity index (χ1v) is 11.0. The van der Waals surface area contributed by atoms with Crippen molar-refractivity contribution in [3.05, 3.63) is 12.2 Å². The summed E-state index contributed by atoms with van der Waals surface area (Å²) in [4.78, 5) is 46.3. The van der Waals surface area contributed by atoms with E-state index in [1.54, 1.807) is 0 Å². The predicted octanol–water partition coefficient (Wildman–Crippen LogP) is 1.05. The third kappa shape index (κ3) is 9.38. The van der Waals surface area contributed by atoms with Crippen LogP contribution >= 0.6 is 11.8 Å². The Bertz CT molecular complexity index is 682. The van der Waals surface area contributed by atoms with Crippen molar-refractivity contribution in [1.82, 2.24) is 10.6 Å². The van der Waals surface area contributed by atoms with Crippen molar-refractivity contribution in [3.63, 3.8) is 0 Å². The molecule has 31 heavy (non-hydrogen) atoms. The smallest absolute Gasteiger partial charge is 0.328 e. The number of hydrogen-bond acceptors (Lipinski definition) is 8. The van der Waals surface area contributed by atoms with Gasteiger partial charge in [-0.05, 0) is 12.5 Å². The number of amides is 2. The number of aliphatic carboxylic acids is 1. The largest absolute Gasteiger partial charge is 0.478 e. The molecule has 1 aliphatic rings. The van der Waals surface area contributed by atoms with Crippen molar-refractivity contribution in [2.75, 3.05) is 32.6 Å². The van der Waals surface area contributed by atoms with Gasteiger partial charge in [0, 0.05) is 50.3 Å². The van der Waals surface area contributed by atoms with Crippen LogP contribution < -0.4 is 10.6 Å². The molecule has 1 fully saturated rings. The molecule has 0 aliphatic carbocycles. The Labute approximate surface area is 186 Å². The van der Waals surface area contributed by atoms with Crippen molar-refractivity contribution in [2.24, 2.45) is 5.41 Å². The average molecular weight is 461 g/mol. The Balaban J connectivity index is 2.38. The molecule has 0 aromatic rings. The van der Waals surface area contributed by atoms with Crippen molar-refractivity contribution >= 4 is 34.7 Å². The summed E-state index contributed by atoms with van der Waals surface area (Å²) in [6, 6.07) is 0. The van der Waals surface area contributed by atoms with Crippen LogP contribution in [0.5, 0.6) is 0 Å². The number of methoxy groups -OCH3 is 1. The monoisotopic (exact) mass is 460 g/mol. The molecule has 0 aromatic heterocycles. The third-order valence-electron chi connectivity index (χ3n) is 4.46. The molecule has 0 radical (unpaired) electrons. The summed E-state index contributed by atoms with van der Waals surface area (Å²) in [6.07, 6.45) is 2.23. The highest BCUT2D eigenvalue weighted by Gasteiger charge is 2.49. The molecular weight excluding hydrogens is 428 g/mol. The van der Waals surface area contributed by atoms with Crippen LogP contribution in [0, 0.1) is 5.41 Å². The van der Waals surface area contributed by atoms with E-state index in [1.165, 1.54) is 7.11 Å². The molecule has 0 aromatic carbocycles. The van der Waals surface area contributed by atoms with E-state index >= 15 is 0 Å².